The van der Waals surface area contributed by atoms with E-state index in [0.29, 0.717) is 22.3 Å². The third-order valence-corrected chi connectivity index (χ3v) is 6.35. The van der Waals surface area contributed by atoms with E-state index >= 15 is 0 Å². The first kappa shape index (κ1) is 24.4. The molecule has 2 aromatic heterocycles. The molecule has 8 heteroatoms. The smallest absolute Gasteiger partial charge is 0.335 e. The maximum Gasteiger partial charge on any atom is 0.335 e. The van der Waals surface area contributed by atoms with Crippen LogP contribution in [0.25, 0.3) is 34.5 Å². The minimum atomic E-state index is -0.955. The number of aromatic nitrogens is 4. The molecule has 37 heavy (non-hydrogen) atoms. The normalized spacial score (nSPS) is 11.2. The number of hydrogen-bond acceptors (Lipinski definition) is 4. The Morgan fingerprint density at radius 1 is 0.892 bits per heavy atom. The lowest BCUT2D eigenvalue weighted by atomic mass is 10.1. The van der Waals surface area contributed by atoms with Crippen molar-refractivity contribution in [3.63, 3.8) is 0 Å². The molecule has 0 spiro atoms. The van der Waals surface area contributed by atoms with E-state index in [4.69, 9.17) is 28.2 Å². The fourth-order valence-corrected chi connectivity index (χ4v) is 4.38. The van der Waals surface area contributed by atoms with Crippen molar-refractivity contribution >= 4 is 41.3 Å². The van der Waals surface area contributed by atoms with Gasteiger partial charge in [-0.1, -0.05) is 65.7 Å². The van der Waals surface area contributed by atoms with Crippen LogP contribution in [0.3, 0.4) is 0 Å². The van der Waals surface area contributed by atoms with Crippen molar-refractivity contribution in [3.8, 4) is 22.4 Å². The summed E-state index contributed by atoms with van der Waals surface area (Å²) in [5, 5.41) is 10.3. The van der Waals surface area contributed by atoms with Gasteiger partial charge in [-0.3, -0.25) is 0 Å². The van der Waals surface area contributed by atoms with E-state index in [1.807, 2.05) is 53.2 Å². The lowest BCUT2D eigenvalue weighted by molar-refractivity contribution is 0.0697. The Hall–Kier alpha value is -4.26. The van der Waals surface area contributed by atoms with Crippen LogP contribution in [0.4, 0.5) is 0 Å². The van der Waals surface area contributed by atoms with E-state index in [0.717, 1.165) is 33.6 Å². The van der Waals surface area contributed by atoms with E-state index in [9.17, 15) is 9.90 Å². The number of rotatable bonds is 7. The number of carboxylic acid groups (broad SMARTS) is 1. The number of aromatic carboxylic acids is 1. The lowest BCUT2D eigenvalue weighted by Gasteiger charge is -2.06. The van der Waals surface area contributed by atoms with Crippen LogP contribution in [-0.4, -0.2) is 30.6 Å². The molecule has 5 rings (SSSR count). The monoisotopic (exact) mass is 526 g/mol. The maximum atomic E-state index is 11.2. The zero-order valence-corrected chi connectivity index (χ0v) is 20.9. The summed E-state index contributed by atoms with van der Waals surface area (Å²) in [6, 6.07) is 20.2. The zero-order valence-electron chi connectivity index (χ0n) is 19.4. The maximum absolute atomic E-state index is 11.2. The topological polar surface area (TPSA) is 80.9 Å². The second-order valence-electron chi connectivity index (χ2n) is 8.32. The predicted octanol–water partition coefficient (Wildman–Crippen LogP) is 7.23. The fourth-order valence-electron chi connectivity index (χ4n) is 3.87. The van der Waals surface area contributed by atoms with Gasteiger partial charge in [-0.2, -0.15) is 0 Å². The molecule has 0 aliphatic carbocycles. The van der Waals surface area contributed by atoms with Gasteiger partial charge in [-0.25, -0.2) is 19.7 Å². The summed E-state index contributed by atoms with van der Waals surface area (Å²) in [6.45, 7) is 0.505. The SMILES string of the molecule is O=C(O)c1ccc(Cn2cc(-c3ccc(Cl)cc3Cl)nc2/C=C/c2ccc(-c3cncnc3)cc2)cc1. The molecule has 0 saturated carbocycles. The summed E-state index contributed by atoms with van der Waals surface area (Å²) in [5.74, 6) is -0.229. The lowest BCUT2D eigenvalue weighted by Crippen LogP contribution is -2.02. The van der Waals surface area contributed by atoms with Gasteiger partial charge in [0.15, 0.2) is 0 Å². The summed E-state index contributed by atoms with van der Waals surface area (Å²) in [5.41, 5.74) is 5.66. The second-order valence-corrected chi connectivity index (χ2v) is 9.16. The van der Waals surface area contributed by atoms with Crippen molar-refractivity contribution in [2.45, 2.75) is 6.54 Å². The first-order chi connectivity index (χ1) is 18.0. The molecule has 6 nitrogen and oxygen atoms in total. The molecule has 3 aromatic carbocycles. The largest absolute Gasteiger partial charge is 0.478 e. The van der Waals surface area contributed by atoms with E-state index in [1.54, 1.807) is 48.8 Å². The van der Waals surface area contributed by atoms with E-state index < -0.39 is 5.97 Å². The van der Waals surface area contributed by atoms with Gasteiger partial charge in [0.05, 0.1) is 16.3 Å². The van der Waals surface area contributed by atoms with Crippen LogP contribution in [-0.2, 0) is 6.54 Å². The number of halogens is 2. The molecule has 0 unspecified atom stereocenters. The van der Waals surface area contributed by atoms with Gasteiger partial charge >= 0.3 is 5.97 Å². The molecular formula is C29H20Cl2N4O2. The van der Waals surface area contributed by atoms with Crippen molar-refractivity contribution in [3.05, 3.63) is 124 Å². The average Bonchev–Trinajstić information content (AvgIpc) is 3.30. The highest BCUT2D eigenvalue weighted by Crippen LogP contribution is 2.30. The Morgan fingerprint density at radius 3 is 2.30 bits per heavy atom. The Bertz CT molecular complexity index is 1580. The van der Waals surface area contributed by atoms with Gasteiger partial charge in [0.25, 0.3) is 0 Å². The van der Waals surface area contributed by atoms with Crippen LogP contribution < -0.4 is 0 Å². The van der Waals surface area contributed by atoms with Gasteiger partial charge in [-0.05, 0) is 53.1 Å². The minimum Gasteiger partial charge on any atom is -0.478 e. The quantitative estimate of drug-likeness (QED) is 0.242. The van der Waals surface area contributed by atoms with E-state index in [-0.39, 0.29) is 5.56 Å². The number of hydrogen-bond donors (Lipinski definition) is 1. The van der Waals surface area contributed by atoms with E-state index in [2.05, 4.69) is 9.97 Å². The third kappa shape index (κ3) is 5.77. The summed E-state index contributed by atoms with van der Waals surface area (Å²) < 4.78 is 2.00. The highest BCUT2D eigenvalue weighted by molar-refractivity contribution is 6.36. The van der Waals surface area contributed by atoms with E-state index in [1.165, 1.54) is 6.33 Å². The predicted molar refractivity (Wildman–Crippen MR) is 147 cm³/mol. The van der Waals surface area contributed by atoms with Crippen LogP contribution in [0.2, 0.25) is 10.0 Å². The Morgan fingerprint density at radius 2 is 1.62 bits per heavy atom. The first-order valence-electron chi connectivity index (χ1n) is 11.3. The van der Waals surface area contributed by atoms with Crippen molar-refractivity contribution in [1.29, 1.82) is 0 Å². The average molecular weight is 527 g/mol. The highest BCUT2D eigenvalue weighted by atomic mass is 35.5. The van der Waals surface area contributed by atoms with Crippen LogP contribution in [0.1, 0.15) is 27.3 Å². The molecule has 2 heterocycles. The summed E-state index contributed by atoms with van der Waals surface area (Å²) in [6.07, 6.45) is 10.9. The number of imidazole rings is 1. The van der Waals surface area contributed by atoms with Gasteiger partial charge < -0.3 is 9.67 Å². The first-order valence-corrected chi connectivity index (χ1v) is 12.1. The number of nitrogens with zero attached hydrogens (tertiary/aromatic N) is 4. The van der Waals surface area contributed by atoms with Crippen LogP contribution in [0, 0.1) is 0 Å². The van der Waals surface area contributed by atoms with Gasteiger partial charge in [0, 0.05) is 41.3 Å². The molecule has 0 aliphatic heterocycles. The Balaban J connectivity index is 1.46. The highest BCUT2D eigenvalue weighted by Gasteiger charge is 2.12. The molecule has 0 atom stereocenters. The Labute approximate surface area is 223 Å². The second kappa shape index (κ2) is 10.8. The minimum absolute atomic E-state index is 0.244. The van der Waals surface area contributed by atoms with Crippen LogP contribution >= 0.6 is 23.2 Å². The molecule has 0 aliphatic rings. The number of carbonyl (C=O) groups is 1. The van der Waals surface area contributed by atoms with Crippen molar-refractivity contribution < 1.29 is 9.90 Å². The Kier molecular flexibility index (Phi) is 7.12. The standard InChI is InChI=1S/C29H20Cl2N4O2/c30-24-10-11-25(26(31)13-24)27-17-35(16-20-3-8-22(9-4-20)29(36)37)28(34-27)12-5-19-1-6-21(7-2-19)23-14-32-18-33-15-23/h1-15,17-18H,16H2,(H,36,37)/b12-5+. The molecule has 182 valence electrons. The molecule has 0 saturated heterocycles. The van der Waals surface area contributed by atoms with Crippen molar-refractivity contribution in [2.75, 3.05) is 0 Å². The van der Waals surface area contributed by atoms with Gasteiger partial charge in [0.1, 0.15) is 12.2 Å². The summed E-state index contributed by atoms with van der Waals surface area (Å²) in [4.78, 5) is 24.2. The molecule has 0 amide bonds. The molecule has 0 bridgehead atoms. The molecule has 5 aromatic rings. The number of benzene rings is 3. The van der Waals surface area contributed by atoms with Crippen molar-refractivity contribution in [2.24, 2.45) is 0 Å². The molecular weight excluding hydrogens is 507 g/mol. The van der Waals surface area contributed by atoms with Gasteiger partial charge in [-0.15, -0.1) is 0 Å². The third-order valence-electron chi connectivity index (χ3n) is 5.80. The fraction of sp³-hybridized carbons (Fsp3) is 0.0345. The number of carboxylic acids is 1. The van der Waals surface area contributed by atoms with Crippen LogP contribution in [0.5, 0.6) is 0 Å². The zero-order chi connectivity index (χ0) is 25.8. The van der Waals surface area contributed by atoms with Crippen molar-refractivity contribution in [1.82, 2.24) is 19.5 Å². The molecule has 1 N–H and O–H groups in total. The summed E-state index contributed by atoms with van der Waals surface area (Å²) in [7, 11) is 0. The van der Waals surface area contributed by atoms with Gasteiger partial charge in [0.2, 0.25) is 0 Å². The van der Waals surface area contributed by atoms with Crippen LogP contribution in [0.15, 0.2) is 91.6 Å². The molecule has 0 fully saturated rings. The summed E-state index contributed by atoms with van der Waals surface area (Å²) >= 11 is 12.5. The molecule has 0 radical (unpaired) electrons.